The van der Waals surface area contributed by atoms with Gasteiger partial charge in [-0.25, -0.2) is 5.10 Å². The Labute approximate surface area is 137 Å². The van der Waals surface area contributed by atoms with Crippen LogP contribution in [-0.2, 0) is 0 Å². The standard InChI is InChI=1S/C16H16ClN3O3/c1-8(2)23-12-6-9(4-5-11(12)22-3)15-14(17)13-10(19-15)7-18-20-16(13)21/h4-8,19H,1-3H3,(H,20,21). The van der Waals surface area contributed by atoms with E-state index in [-0.39, 0.29) is 11.7 Å². The largest absolute Gasteiger partial charge is 0.493 e. The van der Waals surface area contributed by atoms with E-state index in [9.17, 15) is 4.79 Å². The predicted octanol–water partition coefficient (Wildman–Crippen LogP) is 3.37. The number of ether oxygens (including phenoxy) is 2. The Balaban J connectivity index is 2.17. The summed E-state index contributed by atoms with van der Waals surface area (Å²) in [5.74, 6) is 1.25. The van der Waals surface area contributed by atoms with Crippen molar-refractivity contribution in [1.82, 2.24) is 15.2 Å². The maximum absolute atomic E-state index is 11.9. The summed E-state index contributed by atoms with van der Waals surface area (Å²) in [6, 6.07) is 5.48. The van der Waals surface area contributed by atoms with E-state index in [4.69, 9.17) is 21.1 Å². The van der Waals surface area contributed by atoms with E-state index in [0.717, 1.165) is 5.56 Å². The first kappa shape index (κ1) is 15.4. The number of hydrogen-bond donors (Lipinski definition) is 2. The lowest BCUT2D eigenvalue weighted by Gasteiger charge is -2.14. The maximum Gasteiger partial charge on any atom is 0.275 e. The molecular formula is C16H16ClN3O3. The Morgan fingerprint density at radius 1 is 1.26 bits per heavy atom. The maximum atomic E-state index is 11.9. The molecule has 3 rings (SSSR count). The number of aromatic amines is 2. The van der Waals surface area contributed by atoms with Crippen LogP contribution in [0.15, 0.2) is 29.2 Å². The van der Waals surface area contributed by atoms with Gasteiger partial charge in [-0.1, -0.05) is 11.6 Å². The number of H-pyrrole nitrogens is 2. The van der Waals surface area contributed by atoms with E-state index in [1.165, 1.54) is 6.20 Å². The van der Waals surface area contributed by atoms with Crippen molar-refractivity contribution in [3.05, 3.63) is 39.8 Å². The minimum absolute atomic E-state index is 0.00406. The van der Waals surface area contributed by atoms with Gasteiger partial charge in [-0.2, -0.15) is 5.10 Å². The molecule has 1 aromatic carbocycles. The molecule has 0 fully saturated rings. The van der Waals surface area contributed by atoms with Gasteiger partial charge in [0.25, 0.3) is 5.56 Å². The van der Waals surface area contributed by atoms with Crippen LogP contribution in [0.1, 0.15) is 13.8 Å². The Kier molecular flexibility index (Phi) is 4.00. The molecule has 0 spiro atoms. The van der Waals surface area contributed by atoms with Gasteiger partial charge >= 0.3 is 0 Å². The zero-order valence-corrected chi connectivity index (χ0v) is 13.7. The Morgan fingerprint density at radius 3 is 2.70 bits per heavy atom. The second-order valence-electron chi connectivity index (χ2n) is 5.33. The molecule has 2 aromatic heterocycles. The second-order valence-corrected chi connectivity index (χ2v) is 5.71. The lowest BCUT2D eigenvalue weighted by atomic mass is 10.1. The molecule has 0 aliphatic rings. The molecule has 2 heterocycles. The van der Waals surface area contributed by atoms with Crippen molar-refractivity contribution in [2.24, 2.45) is 0 Å². The van der Waals surface area contributed by atoms with Crippen molar-refractivity contribution in [1.29, 1.82) is 0 Å². The van der Waals surface area contributed by atoms with Crippen LogP contribution < -0.4 is 15.0 Å². The van der Waals surface area contributed by atoms with Gasteiger partial charge in [0.2, 0.25) is 0 Å². The number of methoxy groups -OCH3 is 1. The molecule has 0 aliphatic carbocycles. The molecule has 0 amide bonds. The van der Waals surface area contributed by atoms with Gasteiger partial charge in [-0.3, -0.25) is 4.79 Å². The molecule has 120 valence electrons. The number of fused-ring (bicyclic) bond motifs is 1. The average Bonchev–Trinajstić information content (AvgIpc) is 2.85. The first-order chi connectivity index (χ1) is 11.0. The number of hydrogen-bond acceptors (Lipinski definition) is 4. The van der Waals surface area contributed by atoms with Gasteiger partial charge in [0, 0.05) is 5.56 Å². The summed E-state index contributed by atoms with van der Waals surface area (Å²) < 4.78 is 11.1. The second kappa shape index (κ2) is 5.96. The Morgan fingerprint density at radius 2 is 2.04 bits per heavy atom. The normalized spacial score (nSPS) is 11.2. The summed E-state index contributed by atoms with van der Waals surface area (Å²) in [5, 5.41) is 6.89. The molecule has 7 heteroatoms. The number of aromatic nitrogens is 3. The lowest BCUT2D eigenvalue weighted by molar-refractivity contribution is 0.230. The summed E-state index contributed by atoms with van der Waals surface area (Å²) in [6.45, 7) is 3.88. The van der Waals surface area contributed by atoms with E-state index >= 15 is 0 Å². The summed E-state index contributed by atoms with van der Waals surface area (Å²) in [7, 11) is 1.59. The monoisotopic (exact) mass is 333 g/mol. The highest BCUT2D eigenvalue weighted by Gasteiger charge is 2.16. The van der Waals surface area contributed by atoms with Crippen LogP contribution in [0.5, 0.6) is 11.5 Å². The zero-order chi connectivity index (χ0) is 16.6. The fourth-order valence-electron chi connectivity index (χ4n) is 2.40. The zero-order valence-electron chi connectivity index (χ0n) is 12.9. The molecular weight excluding hydrogens is 318 g/mol. The van der Waals surface area contributed by atoms with Crippen LogP contribution >= 0.6 is 11.6 Å². The number of halogens is 1. The van der Waals surface area contributed by atoms with E-state index < -0.39 is 0 Å². The number of rotatable bonds is 4. The summed E-state index contributed by atoms with van der Waals surface area (Å²) >= 11 is 6.38. The molecule has 0 unspecified atom stereocenters. The van der Waals surface area contributed by atoms with Gasteiger partial charge in [0.1, 0.15) is 0 Å². The van der Waals surface area contributed by atoms with Crippen molar-refractivity contribution in [3.8, 4) is 22.8 Å². The van der Waals surface area contributed by atoms with E-state index in [2.05, 4.69) is 15.2 Å². The first-order valence-electron chi connectivity index (χ1n) is 7.11. The van der Waals surface area contributed by atoms with Crippen LogP contribution in [-0.4, -0.2) is 28.4 Å². The third-order valence-electron chi connectivity index (χ3n) is 3.37. The summed E-state index contributed by atoms with van der Waals surface area (Å²) in [4.78, 5) is 15.0. The molecule has 0 saturated heterocycles. The predicted molar refractivity (Wildman–Crippen MR) is 89.5 cm³/mol. The van der Waals surface area contributed by atoms with Crippen LogP contribution in [0.25, 0.3) is 22.2 Å². The van der Waals surface area contributed by atoms with Gasteiger partial charge in [0.15, 0.2) is 11.5 Å². The van der Waals surface area contributed by atoms with Gasteiger partial charge in [-0.05, 0) is 32.0 Å². The highest BCUT2D eigenvalue weighted by atomic mass is 35.5. The highest BCUT2D eigenvalue weighted by Crippen LogP contribution is 2.37. The average molecular weight is 334 g/mol. The van der Waals surface area contributed by atoms with Crippen LogP contribution in [0.4, 0.5) is 0 Å². The van der Waals surface area contributed by atoms with E-state index in [0.29, 0.717) is 33.1 Å². The SMILES string of the molecule is COc1ccc(-c2[nH]c3cn[nH]c(=O)c3c2Cl)cc1OC(C)C. The Bertz CT molecular complexity index is 915. The van der Waals surface area contributed by atoms with Gasteiger partial charge in [0.05, 0.1) is 41.0 Å². The fraction of sp³-hybridized carbons (Fsp3) is 0.250. The third-order valence-corrected chi connectivity index (χ3v) is 3.75. The first-order valence-corrected chi connectivity index (χ1v) is 7.49. The minimum Gasteiger partial charge on any atom is -0.493 e. The molecule has 0 aliphatic heterocycles. The number of nitrogens with zero attached hydrogens (tertiary/aromatic N) is 1. The van der Waals surface area contributed by atoms with Crippen molar-refractivity contribution < 1.29 is 9.47 Å². The number of nitrogens with one attached hydrogen (secondary N) is 2. The van der Waals surface area contributed by atoms with Crippen molar-refractivity contribution in [2.45, 2.75) is 20.0 Å². The number of benzene rings is 1. The van der Waals surface area contributed by atoms with Gasteiger partial charge < -0.3 is 14.5 Å². The molecule has 0 saturated carbocycles. The van der Waals surface area contributed by atoms with Crippen molar-refractivity contribution in [3.63, 3.8) is 0 Å². The smallest absolute Gasteiger partial charge is 0.275 e. The summed E-state index contributed by atoms with van der Waals surface area (Å²) in [6.07, 6.45) is 1.53. The lowest BCUT2D eigenvalue weighted by Crippen LogP contribution is -2.06. The van der Waals surface area contributed by atoms with E-state index in [1.54, 1.807) is 13.2 Å². The molecule has 23 heavy (non-hydrogen) atoms. The molecule has 2 N–H and O–H groups in total. The van der Waals surface area contributed by atoms with E-state index in [1.807, 2.05) is 26.0 Å². The van der Waals surface area contributed by atoms with Crippen LogP contribution in [0, 0.1) is 0 Å². The molecule has 0 radical (unpaired) electrons. The minimum atomic E-state index is -0.331. The van der Waals surface area contributed by atoms with Crippen LogP contribution in [0.3, 0.4) is 0 Å². The quantitative estimate of drug-likeness (QED) is 0.767. The molecule has 6 nitrogen and oxygen atoms in total. The summed E-state index contributed by atoms with van der Waals surface area (Å²) in [5.41, 5.74) is 1.68. The molecule has 0 bridgehead atoms. The third kappa shape index (κ3) is 2.77. The van der Waals surface area contributed by atoms with Crippen molar-refractivity contribution >= 4 is 22.5 Å². The van der Waals surface area contributed by atoms with Crippen LogP contribution in [0.2, 0.25) is 5.02 Å². The highest BCUT2D eigenvalue weighted by molar-refractivity contribution is 6.38. The topological polar surface area (TPSA) is 80.0 Å². The van der Waals surface area contributed by atoms with Gasteiger partial charge in [-0.15, -0.1) is 0 Å². The molecule has 3 aromatic rings. The molecule has 0 atom stereocenters. The fourth-order valence-corrected chi connectivity index (χ4v) is 2.75. The van der Waals surface area contributed by atoms with Crippen molar-refractivity contribution in [2.75, 3.05) is 7.11 Å². The Hall–Kier alpha value is -2.47.